The van der Waals surface area contributed by atoms with Crippen LogP contribution in [-0.2, 0) is 14.8 Å². The van der Waals surface area contributed by atoms with Crippen LogP contribution in [0.1, 0.15) is 31.2 Å². The summed E-state index contributed by atoms with van der Waals surface area (Å²) in [5.74, 6) is -0.123. The molecule has 0 saturated heterocycles. The van der Waals surface area contributed by atoms with Gasteiger partial charge >= 0.3 is 0 Å². The Morgan fingerprint density at radius 2 is 2.05 bits per heavy atom. The van der Waals surface area contributed by atoms with Gasteiger partial charge in [-0.25, -0.2) is 13.1 Å². The van der Waals surface area contributed by atoms with E-state index in [9.17, 15) is 13.2 Å². The number of hydrogen-bond donors (Lipinski definition) is 2. The van der Waals surface area contributed by atoms with Crippen LogP contribution in [0.3, 0.4) is 0 Å². The number of ether oxygens (including phenoxy) is 1. The Bertz CT molecular complexity index is 622. The number of nitrogens with one attached hydrogen (secondary N) is 1. The van der Waals surface area contributed by atoms with Gasteiger partial charge in [-0.05, 0) is 43.5 Å². The zero-order valence-electron chi connectivity index (χ0n) is 12.0. The van der Waals surface area contributed by atoms with E-state index >= 15 is 0 Å². The second-order valence-corrected chi connectivity index (χ2v) is 7.00. The van der Waals surface area contributed by atoms with Crippen molar-refractivity contribution in [2.75, 3.05) is 6.61 Å². The fraction of sp³-hybridized carbons (Fsp3) is 0.500. The summed E-state index contributed by atoms with van der Waals surface area (Å²) in [6, 6.07) is 4.58. The zero-order valence-corrected chi connectivity index (χ0v) is 12.8. The van der Waals surface area contributed by atoms with E-state index in [2.05, 4.69) is 4.72 Å². The molecule has 1 aliphatic rings. The van der Waals surface area contributed by atoms with Crippen LogP contribution in [0.5, 0.6) is 5.75 Å². The lowest BCUT2D eigenvalue weighted by atomic mass is 10.2. The number of carbonyl (C=O) groups is 1. The van der Waals surface area contributed by atoms with E-state index in [1.165, 1.54) is 12.1 Å². The van der Waals surface area contributed by atoms with E-state index in [-0.39, 0.29) is 17.5 Å². The first-order valence-corrected chi connectivity index (χ1v) is 8.41. The molecule has 0 spiro atoms. The molecule has 0 unspecified atom stereocenters. The van der Waals surface area contributed by atoms with Crippen molar-refractivity contribution in [2.45, 2.75) is 43.5 Å². The number of amides is 1. The molecule has 0 aromatic heterocycles. The molecule has 0 aliphatic heterocycles. The van der Waals surface area contributed by atoms with Gasteiger partial charge in [-0.2, -0.15) is 0 Å². The van der Waals surface area contributed by atoms with Crippen molar-refractivity contribution in [3.8, 4) is 5.75 Å². The quantitative estimate of drug-likeness (QED) is 0.821. The third-order valence-corrected chi connectivity index (χ3v) is 5.02. The fourth-order valence-electron chi connectivity index (χ4n) is 2.43. The standard InChI is InChI=1S/C14H20N2O4S/c1-10-8-12(6-7-13(10)20-9-14(15)17)21(18,19)16-11-4-2-3-5-11/h6-8,11,16H,2-5,9H2,1H3,(H2,15,17). The first-order chi connectivity index (χ1) is 9.88. The highest BCUT2D eigenvalue weighted by Gasteiger charge is 2.23. The van der Waals surface area contributed by atoms with Crippen LogP contribution >= 0.6 is 0 Å². The van der Waals surface area contributed by atoms with Gasteiger partial charge in [0.2, 0.25) is 10.0 Å². The van der Waals surface area contributed by atoms with E-state index in [1.807, 2.05) is 0 Å². The van der Waals surface area contributed by atoms with Gasteiger partial charge in [-0.1, -0.05) is 12.8 Å². The summed E-state index contributed by atoms with van der Waals surface area (Å²) in [4.78, 5) is 10.9. The maximum atomic E-state index is 12.3. The van der Waals surface area contributed by atoms with Gasteiger partial charge in [-0.3, -0.25) is 4.79 Å². The summed E-state index contributed by atoms with van der Waals surface area (Å²) in [5, 5.41) is 0. The lowest BCUT2D eigenvalue weighted by molar-refractivity contribution is -0.119. The second kappa shape index (κ2) is 6.44. The van der Waals surface area contributed by atoms with E-state index < -0.39 is 15.9 Å². The minimum absolute atomic E-state index is 0.0288. The zero-order chi connectivity index (χ0) is 15.5. The third-order valence-electron chi connectivity index (χ3n) is 3.50. The van der Waals surface area contributed by atoms with Crippen LogP contribution in [0.4, 0.5) is 0 Å². The van der Waals surface area contributed by atoms with E-state index in [0.717, 1.165) is 25.7 Å². The Kier molecular flexibility index (Phi) is 4.84. The molecule has 21 heavy (non-hydrogen) atoms. The van der Waals surface area contributed by atoms with Crippen LogP contribution in [0.25, 0.3) is 0 Å². The summed E-state index contributed by atoms with van der Waals surface area (Å²) in [6.45, 7) is 1.50. The van der Waals surface area contributed by atoms with Gasteiger partial charge in [0.25, 0.3) is 5.91 Å². The Morgan fingerprint density at radius 1 is 1.38 bits per heavy atom. The lowest BCUT2D eigenvalue weighted by Gasteiger charge is -2.14. The van der Waals surface area contributed by atoms with Gasteiger partial charge in [0.05, 0.1) is 4.90 Å². The molecule has 1 saturated carbocycles. The molecular formula is C14H20N2O4S. The highest BCUT2D eigenvalue weighted by Crippen LogP contribution is 2.24. The third kappa shape index (κ3) is 4.18. The topological polar surface area (TPSA) is 98.5 Å². The summed E-state index contributed by atoms with van der Waals surface area (Å²) in [5.41, 5.74) is 5.66. The number of carbonyl (C=O) groups excluding carboxylic acids is 1. The molecule has 1 aromatic carbocycles. The summed E-state index contributed by atoms with van der Waals surface area (Å²) in [6.07, 6.45) is 3.90. The van der Waals surface area contributed by atoms with Crippen LogP contribution < -0.4 is 15.2 Å². The number of primary amides is 1. The lowest BCUT2D eigenvalue weighted by Crippen LogP contribution is -2.32. The highest BCUT2D eigenvalue weighted by molar-refractivity contribution is 7.89. The maximum Gasteiger partial charge on any atom is 0.255 e. The monoisotopic (exact) mass is 312 g/mol. The van der Waals surface area contributed by atoms with Crippen LogP contribution in [-0.4, -0.2) is 27.0 Å². The Balaban J connectivity index is 2.12. The fourth-order valence-corrected chi connectivity index (χ4v) is 3.82. The van der Waals surface area contributed by atoms with Crippen molar-refractivity contribution in [3.05, 3.63) is 23.8 Å². The first kappa shape index (κ1) is 15.8. The summed E-state index contributed by atoms with van der Waals surface area (Å²) >= 11 is 0. The van der Waals surface area contributed by atoms with E-state index in [1.54, 1.807) is 13.0 Å². The average molecular weight is 312 g/mol. The van der Waals surface area contributed by atoms with Crippen molar-refractivity contribution in [2.24, 2.45) is 5.73 Å². The summed E-state index contributed by atoms with van der Waals surface area (Å²) < 4.78 is 32.5. The smallest absolute Gasteiger partial charge is 0.255 e. The molecule has 2 rings (SSSR count). The Morgan fingerprint density at radius 3 is 2.62 bits per heavy atom. The van der Waals surface area contributed by atoms with Crippen molar-refractivity contribution >= 4 is 15.9 Å². The molecule has 0 radical (unpaired) electrons. The predicted octanol–water partition coefficient (Wildman–Crippen LogP) is 1.08. The normalized spacial score (nSPS) is 16.0. The average Bonchev–Trinajstić information content (AvgIpc) is 2.89. The minimum atomic E-state index is -3.51. The molecule has 6 nitrogen and oxygen atoms in total. The molecule has 3 N–H and O–H groups in total. The van der Waals surface area contributed by atoms with Gasteiger partial charge in [0.15, 0.2) is 6.61 Å². The van der Waals surface area contributed by atoms with Crippen molar-refractivity contribution < 1.29 is 17.9 Å². The molecule has 1 amide bonds. The molecular weight excluding hydrogens is 292 g/mol. The SMILES string of the molecule is Cc1cc(S(=O)(=O)NC2CCCC2)ccc1OCC(N)=O. The van der Waals surface area contributed by atoms with Crippen LogP contribution in [0.15, 0.2) is 23.1 Å². The van der Waals surface area contributed by atoms with E-state index in [0.29, 0.717) is 11.3 Å². The number of benzene rings is 1. The first-order valence-electron chi connectivity index (χ1n) is 6.92. The van der Waals surface area contributed by atoms with E-state index in [4.69, 9.17) is 10.5 Å². The van der Waals surface area contributed by atoms with Crippen molar-refractivity contribution in [1.29, 1.82) is 0 Å². The number of rotatable bonds is 6. The molecule has 0 bridgehead atoms. The molecule has 1 fully saturated rings. The molecule has 1 aliphatic carbocycles. The largest absolute Gasteiger partial charge is 0.484 e. The van der Waals surface area contributed by atoms with Crippen molar-refractivity contribution in [1.82, 2.24) is 4.72 Å². The predicted molar refractivity (Wildman–Crippen MR) is 78.4 cm³/mol. The molecule has 0 heterocycles. The molecule has 0 atom stereocenters. The number of hydrogen-bond acceptors (Lipinski definition) is 4. The Labute approximate surface area is 124 Å². The van der Waals surface area contributed by atoms with Crippen LogP contribution in [0, 0.1) is 6.92 Å². The van der Waals surface area contributed by atoms with Gasteiger partial charge < -0.3 is 10.5 Å². The summed E-state index contributed by atoms with van der Waals surface area (Å²) in [7, 11) is -3.51. The van der Waals surface area contributed by atoms with Gasteiger partial charge in [0, 0.05) is 6.04 Å². The molecule has 116 valence electrons. The van der Waals surface area contributed by atoms with Gasteiger partial charge in [0.1, 0.15) is 5.75 Å². The van der Waals surface area contributed by atoms with Crippen molar-refractivity contribution in [3.63, 3.8) is 0 Å². The second-order valence-electron chi connectivity index (χ2n) is 5.28. The minimum Gasteiger partial charge on any atom is -0.484 e. The van der Waals surface area contributed by atoms with Crippen LogP contribution in [0.2, 0.25) is 0 Å². The van der Waals surface area contributed by atoms with Gasteiger partial charge in [-0.15, -0.1) is 0 Å². The number of nitrogens with two attached hydrogens (primary N) is 1. The highest BCUT2D eigenvalue weighted by atomic mass is 32.2. The number of sulfonamides is 1. The molecule has 7 heteroatoms. The maximum absolute atomic E-state index is 12.3. The molecule has 1 aromatic rings. The number of aryl methyl sites for hydroxylation is 1. The Hall–Kier alpha value is -1.60.